The van der Waals surface area contributed by atoms with E-state index in [1.165, 1.54) is 18.2 Å². The van der Waals surface area contributed by atoms with Gasteiger partial charge in [-0.1, -0.05) is 54.1 Å². The summed E-state index contributed by atoms with van der Waals surface area (Å²) in [6.07, 6.45) is 1.26. The van der Waals surface area contributed by atoms with E-state index in [4.69, 9.17) is 4.42 Å². The number of rotatable bonds is 5. The van der Waals surface area contributed by atoms with Crippen molar-refractivity contribution in [1.29, 1.82) is 0 Å². The van der Waals surface area contributed by atoms with E-state index in [1.54, 1.807) is 78.9 Å². The van der Waals surface area contributed by atoms with Gasteiger partial charge >= 0.3 is 12.0 Å². The Morgan fingerprint density at radius 3 is 2.00 bits per heavy atom. The number of para-hydroxylation sites is 1. The lowest BCUT2D eigenvalue weighted by molar-refractivity contribution is -0.121. The minimum absolute atomic E-state index is 0.0484. The zero-order valence-electron chi connectivity index (χ0n) is 19.6. The van der Waals surface area contributed by atoms with Crippen LogP contribution in [-0.2, 0) is 9.59 Å². The summed E-state index contributed by atoms with van der Waals surface area (Å²) < 4.78 is 5.82. The van der Waals surface area contributed by atoms with Gasteiger partial charge in [-0.15, -0.1) is 0 Å². The third-order valence-electron chi connectivity index (χ3n) is 5.89. The maximum absolute atomic E-state index is 13.5. The fraction of sp³-hybridized carbons (Fsp3) is 0.0345. The quantitative estimate of drug-likeness (QED) is 0.290. The van der Waals surface area contributed by atoms with Crippen molar-refractivity contribution >= 4 is 41.3 Å². The Labute approximate surface area is 211 Å². The molecule has 4 aromatic rings. The van der Waals surface area contributed by atoms with Gasteiger partial charge in [-0.2, -0.15) is 0 Å². The van der Waals surface area contributed by atoms with Crippen molar-refractivity contribution in [1.82, 2.24) is 0 Å². The predicted molar refractivity (Wildman–Crippen MR) is 137 cm³/mol. The zero-order valence-corrected chi connectivity index (χ0v) is 19.6. The predicted octanol–water partition coefficient (Wildman–Crippen LogP) is 5.54. The number of anilines is 2. The molecule has 3 aromatic carbocycles. The molecule has 0 unspecified atom stereocenters. The molecule has 0 spiro atoms. The molecule has 4 amide bonds. The Kier molecular flexibility index (Phi) is 5.99. The van der Waals surface area contributed by atoms with Crippen molar-refractivity contribution in [2.24, 2.45) is 0 Å². The average molecular weight is 492 g/mol. The molecule has 1 aliphatic heterocycles. The van der Waals surface area contributed by atoms with Crippen molar-refractivity contribution < 1.29 is 28.7 Å². The van der Waals surface area contributed by atoms with Crippen LogP contribution in [0.3, 0.4) is 0 Å². The molecule has 1 aromatic heterocycles. The molecule has 0 bridgehead atoms. The van der Waals surface area contributed by atoms with Crippen LogP contribution in [0.15, 0.2) is 101 Å². The van der Waals surface area contributed by atoms with Crippen molar-refractivity contribution in [2.75, 3.05) is 9.80 Å². The van der Waals surface area contributed by atoms with Crippen LogP contribution in [0.1, 0.15) is 21.7 Å². The van der Waals surface area contributed by atoms with Gasteiger partial charge in [0.05, 0.1) is 16.9 Å². The molecule has 8 nitrogen and oxygen atoms in total. The van der Waals surface area contributed by atoms with Gasteiger partial charge in [0, 0.05) is 5.56 Å². The lowest BCUT2D eigenvalue weighted by Crippen LogP contribution is -2.57. The number of aromatic carboxylic acids is 1. The normalized spacial score (nSPS) is 14.9. The highest BCUT2D eigenvalue weighted by molar-refractivity contribution is 6.46. The van der Waals surface area contributed by atoms with Gasteiger partial charge in [0.2, 0.25) is 0 Å². The molecule has 5 rings (SSSR count). The summed E-state index contributed by atoms with van der Waals surface area (Å²) in [6.45, 7) is 1.88. The number of amides is 4. The number of furan rings is 1. The summed E-state index contributed by atoms with van der Waals surface area (Å²) in [5.74, 6) is -2.30. The number of carbonyl (C=O) groups is 4. The first-order valence-electron chi connectivity index (χ1n) is 11.3. The molecular formula is C29H20N2O6. The van der Waals surface area contributed by atoms with E-state index in [1.807, 2.05) is 6.92 Å². The summed E-state index contributed by atoms with van der Waals surface area (Å²) in [5, 5.41) is 9.50. The van der Waals surface area contributed by atoms with Crippen molar-refractivity contribution in [3.8, 4) is 11.3 Å². The van der Waals surface area contributed by atoms with Crippen molar-refractivity contribution in [3.63, 3.8) is 0 Å². The number of benzene rings is 3. The summed E-state index contributed by atoms with van der Waals surface area (Å²) in [5.41, 5.74) is 1.68. The van der Waals surface area contributed by atoms with Crippen LogP contribution in [0.2, 0.25) is 0 Å². The molecule has 0 atom stereocenters. The monoisotopic (exact) mass is 492 g/mol. The molecule has 0 aliphatic carbocycles. The molecule has 182 valence electrons. The number of imide groups is 2. The summed E-state index contributed by atoms with van der Waals surface area (Å²) in [4.78, 5) is 53.9. The lowest BCUT2D eigenvalue weighted by atomic mass is 10.1. The highest BCUT2D eigenvalue weighted by atomic mass is 16.4. The number of carboxylic acid groups (broad SMARTS) is 1. The number of aryl methyl sites for hydroxylation is 1. The Morgan fingerprint density at radius 1 is 0.757 bits per heavy atom. The summed E-state index contributed by atoms with van der Waals surface area (Å²) in [6, 6.07) is 23.8. The van der Waals surface area contributed by atoms with Gasteiger partial charge in [0.1, 0.15) is 17.1 Å². The molecule has 37 heavy (non-hydrogen) atoms. The molecular weight excluding hydrogens is 472 g/mol. The first-order chi connectivity index (χ1) is 17.8. The van der Waals surface area contributed by atoms with E-state index in [0.717, 1.165) is 15.4 Å². The minimum atomic E-state index is -1.12. The maximum atomic E-state index is 13.5. The molecule has 1 saturated heterocycles. The van der Waals surface area contributed by atoms with Crippen LogP contribution >= 0.6 is 0 Å². The number of urea groups is 1. The van der Waals surface area contributed by atoms with Crippen molar-refractivity contribution in [3.05, 3.63) is 113 Å². The second-order valence-corrected chi connectivity index (χ2v) is 8.35. The standard InChI is InChI=1S/C29H20N2O6/c1-18-11-13-20(14-12-18)31-27(33)24(26(32)30(29(31)36)19-7-3-2-4-8-19)17-21-15-16-25(37-21)22-9-5-6-10-23(22)28(34)35/h2-17H,1H3,(H,34,35)/b24-17+. The molecule has 0 radical (unpaired) electrons. The van der Waals surface area contributed by atoms with Gasteiger partial charge in [0.25, 0.3) is 11.8 Å². The van der Waals surface area contributed by atoms with Crippen LogP contribution < -0.4 is 9.80 Å². The average Bonchev–Trinajstić information content (AvgIpc) is 3.37. The van der Waals surface area contributed by atoms with Gasteiger partial charge in [-0.05, 0) is 55.5 Å². The Balaban J connectivity index is 1.60. The minimum Gasteiger partial charge on any atom is -0.478 e. The second kappa shape index (κ2) is 9.43. The van der Waals surface area contributed by atoms with Crippen LogP contribution in [-0.4, -0.2) is 28.9 Å². The SMILES string of the molecule is Cc1ccc(N2C(=O)/C(=C/c3ccc(-c4ccccc4C(=O)O)o3)C(=O)N(c3ccccc3)C2=O)cc1. The highest BCUT2D eigenvalue weighted by Gasteiger charge is 2.43. The van der Waals surface area contributed by atoms with Crippen molar-refractivity contribution in [2.45, 2.75) is 6.92 Å². The number of carbonyl (C=O) groups excluding carboxylic acids is 3. The molecule has 0 saturated carbocycles. The van der Waals surface area contributed by atoms with Gasteiger partial charge in [-0.3, -0.25) is 9.59 Å². The molecule has 1 aliphatic rings. The first-order valence-corrected chi connectivity index (χ1v) is 11.3. The summed E-state index contributed by atoms with van der Waals surface area (Å²) >= 11 is 0. The zero-order chi connectivity index (χ0) is 26.1. The lowest BCUT2D eigenvalue weighted by Gasteiger charge is -2.33. The molecule has 8 heteroatoms. The van der Waals surface area contributed by atoms with Gasteiger partial charge in [-0.25, -0.2) is 19.4 Å². The smallest absolute Gasteiger partial charge is 0.343 e. The van der Waals surface area contributed by atoms with E-state index in [2.05, 4.69) is 0 Å². The summed E-state index contributed by atoms with van der Waals surface area (Å²) in [7, 11) is 0. The van der Waals surface area contributed by atoms with E-state index in [0.29, 0.717) is 16.9 Å². The number of hydrogen-bond acceptors (Lipinski definition) is 5. The van der Waals surface area contributed by atoms with E-state index < -0.39 is 23.8 Å². The third-order valence-corrected chi connectivity index (χ3v) is 5.89. The second-order valence-electron chi connectivity index (χ2n) is 8.35. The fourth-order valence-electron chi connectivity index (χ4n) is 4.06. The Morgan fingerprint density at radius 2 is 1.35 bits per heavy atom. The molecule has 1 fully saturated rings. The first kappa shape index (κ1) is 23.5. The maximum Gasteiger partial charge on any atom is 0.343 e. The number of carboxylic acids is 1. The van der Waals surface area contributed by atoms with Crippen LogP contribution in [0.25, 0.3) is 17.4 Å². The van der Waals surface area contributed by atoms with E-state index in [9.17, 15) is 24.3 Å². The number of nitrogens with zero attached hydrogens (tertiary/aromatic N) is 2. The Bertz CT molecular complexity index is 1570. The van der Waals surface area contributed by atoms with E-state index >= 15 is 0 Å². The van der Waals surface area contributed by atoms with Crippen LogP contribution in [0.5, 0.6) is 0 Å². The topological polar surface area (TPSA) is 108 Å². The third kappa shape index (κ3) is 4.32. The van der Waals surface area contributed by atoms with Gasteiger partial charge in [0.15, 0.2) is 0 Å². The highest BCUT2D eigenvalue weighted by Crippen LogP contribution is 2.31. The van der Waals surface area contributed by atoms with Crippen LogP contribution in [0, 0.1) is 6.92 Å². The number of barbiturate groups is 1. The molecule has 2 heterocycles. The largest absolute Gasteiger partial charge is 0.478 e. The Hall–Kier alpha value is -5.24. The number of hydrogen-bond donors (Lipinski definition) is 1. The van der Waals surface area contributed by atoms with E-state index in [-0.39, 0.29) is 22.7 Å². The van der Waals surface area contributed by atoms with Gasteiger partial charge < -0.3 is 9.52 Å². The fourth-order valence-corrected chi connectivity index (χ4v) is 4.06. The van der Waals surface area contributed by atoms with Crippen LogP contribution in [0.4, 0.5) is 16.2 Å². The molecule has 1 N–H and O–H groups in total.